The minimum atomic E-state index is -3.37. The zero-order valence-corrected chi connectivity index (χ0v) is 11.4. The molecule has 0 aliphatic rings. The van der Waals surface area contributed by atoms with Crippen molar-refractivity contribution in [3.63, 3.8) is 0 Å². The molecule has 0 bridgehead atoms. The van der Waals surface area contributed by atoms with Gasteiger partial charge in [0.25, 0.3) is 0 Å². The largest absolute Gasteiger partial charge is 0.481 e. The van der Waals surface area contributed by atoms with E-state index in [1.165, 1.54) is 7.11 Å². The van der Waals surface area contributed by atoms with E-state index in [0.717, 1.165) is 5.56 Å². The lowest BCUT2D eigenvalue weighted by molar-refractivity contribution is 0.397. The molecule has 102 valence electrons. The van der Waals surface area contributed by atoms with Crippen LogP contribution in [0.25, 0.3) is 0 Å². The van der Waals surface area contributed by atoms with Crippen molar-refractivity contribution in [2.75, 3.05) is 13.7 Å². The van der Waals surface area contributed by atoms with Gasteiger partial charge in [-0.3, -0.25) is 0 Å². The minimum absolute atomic E-state index is 0.118. The van der Waals surface area contributed by atoms with Crippen molar-refractivity contribution in [3.8, 4) is 5.88 Å². The highest BCUT2D eigenvalue weighted by molar-refractivity contribution is 7.90. The van der Waals surface area contributed by atoms with Gasteiger partial charge in [0, 0.05) is 25.4 Å². The Morgan fingerprint density at radius 3 is 2.67 bits per heavy atom. The molecule has 0 fully saturated rings. The predicted molar refractivity (Wildman–Crippen MR) is 69.7 cm³/mol. The summed E-state index contributed by atoms with van der Waals surface area (Å²) in [5, 5.41) is -0.552. The number of nitrogens with one attached hydrogen (secondary N) is 1. The number of ether oxygens (including phenoxy) is 1. The Bertz CT molecular complexity index is 455. The van der Waals surface area contributed by atoms with Crippen LogP contribution in [-0.4, -0.2) is 32.3 Å². The number of nitrogens with two attached hydrogens (primary N) is 1. The lowest BCUT2D eigenvalue weighted by atomic mass is 10.3. The second-order valence-electron chi connectivity index (χ2n) is 3.84. The van der Waals surface area contributed by atoms with E-state index in [-0.39, 0.29) is 13.1 Å². The molecular weight excluding hydrogens is 254 g/mol. The van der Waals surface area contributed by atoms with Crippen molar-refractivity contribution in [2.24, 2.45) is 5.73 Å². The van der Waals surface area contributed by atoms with Gasteiger partial charge in [-0.15, -0.1) is 0 Å². The maximum absolute atomic E-state index is 11.9. The summed E-state index contributed by atoms with van der Waals surface area (Å²) >= 11 is 0. The summed E-state index contributed by atoms with van der Waals surface area (Å²) in [6, 6.07) is 3.45. The molecule has 1 aromatic heterocycles. The van der Waals surface area contributed by atoms with Crippen LogP contribution in [0.3, 0.4) is 0 Å². The first-order valence-corrected chi connectivity index (χ1v) is 7.25. The molecule has 3 N–H and O–H groups in total. The van der Waals surface area contributed by atoms with Crippen LogP contribution in [0.1, 0.15) is 18.9 Å². The topological polar surface area (TPSA) is 94.3 Å². The van der Waals surface area contributed by atoms with Crippen molar-refractivity contribution < 1.29 is 13.2 Å². The molecule has 0 spiro atoms. The highest BCUT2D eigenvalue weighted by atomic mass is 32.2. The first-order valence-electron chi connectivity index (χ1n) is 5.71. The first kappa shape index (κ1) is 14.9. The highest BCUT2D eigenvalue weighted by Crippen LogP contribution is 2.08. The van der Waals surface area contributed by atoms with E-state index in [2.05, 4.69) is 9.71 Å². The van der Waals surface area contributed by atoms with Gasteiger partial charge in [0.05, 0.1) is 12.4 Å². The molecule has 1 heterocycles. The van der Waals surface area contributed by atoms with Crippen molar-refractivity contribution in [3.05, 3.63) is 23.9 Å². The molecule has 1 aromatic rings. The van der Waals surface area contributed by atoms with E-state index in [9.17, 15) is 8.42 Å². The Morgan fingerprint density at radius 2 is 2.22 bits per heavy atom. The normalized spacial score (nSPS) is 13.3. The van der Waals surface area contributed by atoms with Gasteiger partial charge >= 0.3 is 0 Å². The van der Waals surface area contributed by atoms with E-state index in [0.29, 0.717) is 12.3 Å². The van der Waals surface area contributed by atoms with E-state index < -0.39 is 15.3 Å². The number of nitrogens with zero attached hydrogens (tertiary/aromatic N) is 1. The summed E-state index contributed by atoms with van der Waals surface area (Å²) in [7, 11) is -1.84. The average molecular weight is 273 g/mol. The highest BCUT2D eigenvalue weighted by Gasteiger charge is 2.21. The second kappa shape index (κ2) is 6.67. The first-order chi connectivity index (χ1) is 8.53. The smallest absolute Gasteiger partial charge is 0.216 e. The summed E-state index contributed by atoms with van der Waals surface area (Å²) in [6.07, 6.45) is 2.07. The van der Waals surface area contributed by atoms with Crippen molar-refractivity contribution in [1.29, 1.82) is 0 Å². The third kappa shape index (κ3) is 3.94. The van der Waals surface area contributed by atoms with E-state index in [1.54, 1.807) is 25.3 Å². The number of methoxy groups -OCH3 is 1. The van der Waals surface area contributed by atoms with Crippen LogP contribution in [0.4, 0.5) is 0 Å². The fourth-order valence-corrected chi connectivity index (χ4v) is 2.75. The number of rotatable bonds is 7. The Balaban J connectivity index is 2.63. The predicted octanol–water partition coefficient (Wildman–Crippen LogP) is 0.247. The summed E-state index contributed by atoms with van der Waals surface area (Å²) in [5.74, 6) is 0.495. The fraction of sp³-hybridized carbons (Fsp3) is 0.545. The van der Waals surface area contributed by atoms with E-state index >= 15 is 0 Å². The van der Waals surface area contributed by atoms with Crippen LogP contribution >= 0.6 is 0 Å². The van der Waals surface area contributed by atoms with Crippen LogP contribution in [0.2, 0.25) is 0 Å². The number of pyridine rings is 1. The van der Waals surface area contributed by atoms with Gasteiger partial charge in [0.1, 0.15) is 0 Å². The lowest BCUT2D eigenvalue weighted by Gasteiger charge is -2.14. The number of aromatic nitrogens is 1. The standard InChI is InChI=1S/C11H19N3O3S/c1-3-10(6-12)18(15,16)14-8-9-4-5-11(17-2)13-7-9/h4-5,7,10,14H,3,6,8,12H2,1-2H3. The van der Waals surface area contributed by atoms with Crippen molar-refractivity contribution in [1.82, 2.24) is 9.71 Å². The number of hydrogen-bond acceptors (Lipinski definition) is 5. The molecule has 1 rings (SSSR count). The minimum Gasteiger partial charge on any atom is -0.481 e. The maximum atomic E-state index is 11.9. The van der Waals surface area contributed by atoms with Crippen molar-refractivity contribution >= 4 is 10.0 Å². The monoisotopic (exact) mass is 273 g/mol. The average Bonchev–Trinajstić information content (AvgIpc) is 2.38. The van der Waals surface area contributed by atoms with Crippen LogP contribution < -0.4 is 15.2 Å². The Hall–Kier alpha value is -1.18. The molecular formula is C11H19N3O3S. The van der Waals surface area contributed by atoms with Gasteiger partial charge in [-0.1, -0.05) is 13.0 Å². The van der Waals surface area contributed by atoms with Crippen LogP contribution in [0.15, 0.2) is 18.3 Å². The molecule has 0 amide bonds. The second-order valence-corrected chi connectivity index (χ2v) is 5.89. The molecule has 0 aromatic carbocycles. The van der Waals surface area contributed by atoms with Gasteiger partial charge in [-0.25, -0.2) is 18.1 Å². The molecule has 0 aliphatic heterocycles. The van der Waals surface area contributed by atoms with Gasteiger partial charge < -0.3 is 10.5 Å². The molecule has 0 aliphatic carbocycles. The zero-order valence-electron chi connectivity index (χ0n) is 10.6. The van der Waals surface area contributed by atoms with E-state index in [1.807, 2.05) is 0 Å². The Morgan fingerprint density at radius 1 is 1.50 bits per heavy atom. The molecule has 0 saturated carbocycles. The molecule has 1 unspecified atom stereocenters. The molecule has 0 saturated heterocycles. The molecule has 18 heavy (non-hydrogen) atoms. The van der Waals surface area contributed by atoms with Crippen LogP contribution in [0, 0.1) is 0 Å². The third-order valence-corrected chi connectivity index (χ3v) is 4.59. The Kier molecular flexibility index (Phi) is 5.52. The number of sulfonamides is 1. The summed E-state index contributed by atoms with van der Waals surface area (Å²) in [4.78, 5) is 4.00. The maximum Gasteiger partial charge on any atom is 0.216 e. The fourth-order valence-electron chi connectivity index (χ4n) is 1.45. The number of hydrogen-bond donors (Lipinski definition) is 2. The van der Waals surface area contributed by atoms with Gasteiger partial charge in [0.2, 0.25) is 15.9 Å². The lowest BCUT2D eigenvalue weighted by Crippen LogP contribution is -2.38. The molecule has 0 radical (unpaired) electrons. The van der Waals surface area contributed by atoms with Crippen LogP contribution in [-0.2, 0) is 16.6 Å². The van der Waals surface area contributed by atoms with Crippen LogP contribution in [0.5, 0.6) is 5.88 Å². The SMILES string of the molecule is CCC(CN)S(=O)(=O)NCc1ccc(OC)nc1. The van der Waals surface area contributed by atoms with Gasteiger partial charge in [-0.05, 0) is 12.0 Å². The quantitative estimate of drug-likeness (QED) is 0.742. The summed E-state index contributed by atoms with van der Waals surface area (Å²) in [5.41, 5.74) is 6.20. The van der Waals surface area contributed by atoms with Gasteiger partial charge in [-0.2, -0.15) is 0 Å². The zero-order chi connectivity index (χ0) is 13.6. The molecule has 6 nitrogen and oxygen atoms in total. The van der Waals surface area contributed by atoms with Crippen molar-refractivity contribution in [2.45, 2.75) is 25.1 Å². The van der Waals surface area contributed by atoms with Gasteiger partial charge in [0.15, 0.2) is 0 Å². The molecule has 1 atom stereocenters. The summed E-state index contributed by atoms with van der Waals surface area (Å²) in [6.45, 7) is 2.12. The summed E-state index contributed by atoms with van der Waals surface area (Å²) < 4.78 is 31.2. The Labute approximate surface area is 108 Å². The van der Waals surface area contributed by atoms with E-state index in [4.69, 9.17) is 10.5 Å². The third-order valence-electron chi connectivity index (χ3n) is 2.64. The molecule has 7 heteroatoms.